The summed E-state index contributed by atoms with van der Waals surface area (Å²) in [6.45, 7) is 1.52. The normalized spacial score (nSPS) is 13.9. The Morgan fingerprint density at radius 1 is 0.824 bits per heavy atom. The van der Waals surface area contributed by atoms with Crippen molar-refractivity contribution < 1.29 is 19.5 Å². The Labute approximate surface area is 195 Å². The van der Waals surface area contributed by atoms with Gasteiger partial charge in [0.05, 0.1) is 6.04 Å². The zero-order valence-electron chi connectivity index (χ0n) is 18.7. The molecule has 0 saturated carbocycles. The van der Waals surface area contributed by atoms with Crippen molar-refractivity contribution >= 4 is 39.6 Å². The second kappa shape index (κ2) is 9.80. The second-order valence-corrected chi connectivity index (χ2v) is 8.38. The van der Waals surface area contributed by atoms with E-state index in [2.05, 4.69) is 20.6 Å². The lowest BCUT2D eigenvalue weighted by Crippen LogP contribution is -2.55. The van der Waals surface area contributed by atoms with Crippen LogP contribution in [-0.2, 0) is 27.2 Å². The third-order valence-corrected chi connectivity index (χ3v) is 5.86. The molecule has 7 N–H and O–H groups in total. The van der Waals surface area contributed by atoms with E-state index in [0.29, 0.717) is 0 Å². The molecule has 3 unspecified atom stereocenters. The van der Waals surface area contributed by atoms with E-state index in [4.69, 9.17) is 5.73 Å². The molecule has 0 saturated heterocycles. The van der Waals surface area contributed by atoms with Crippen molar-refractivity contribution in [2.45, 2.75) is 37.9 Å². The molecule has 0 fully saturated rings. The first-order chi connectivity index (χ1) is 16.3. The molecule has 2 aromatic carbocycles. The number of para-hydroxylation sites is 2. The van der Waals surface area contributed by atoms with Gasteiger partial charge in [-0.3, -0.25) is 9.59 Å². The van der Waals surface area contributed by atoms with Gasteiger partial charge in [0.15, 0.2) is 0 Å². The number of fused-ring (bicyclic) bond motifs is 2. The van der Waals surface area contributed by atoms with Crippen molar-refractivity contribution in [1.29, 1.82) is 0 Å². The van der Waals surface area contributed by atoms with Gasteiger partial charge in [-0.05, 0) is 30.2 Å². The van der Waals surface area contributed by atoms with Crippen LogP contribution in [0.4, 0.5) is 0 Å². The Balaban J connectivity index is 1.56. The number of carbonyl (C=O) groups excluding carboxylic acids is 2. The van der Waals surface area contributed by atoms with Crippen molar-refractivity contribution in [3.63, 3.8) is 0 Å². The highest BCUT2D eigenvalue weighted by Gasteiger charge is 2.29. The van der Waals surface area contributed by atoms with Crippen LogP contribution in [-0.4, -0.2) is 51.0 Å². The second-order valence-electron chi connectivity index (χ2n) is 8.38. The SMILES string of the molecule is CC(N)C(=O)NC(Cc1c[nH]c2ccccc12)C(=O)NC(Cc1c[nH]c2ccccc12)C(=O)O. The summed E-state index contributed by atoms with van der Waals surface area (Å²) in [5.41, 5.74) is 9.08. The first-order valence-electron chi connectivity index (χ1n) is 11.0. The average molecular weight is 462 g/mol. The van der Waals surface area contributed by atoms with Gasteiger partial charge < -0.3 is 31.4 Å². The van der Waals surface area contributed by atoms with Crippen LogP contribution in [0.1, 0.15) is 18.1 Å². The van der Waals surface area contributed by atoms with Crippen LogP contribution in [0.5, 0.6) is 0 Å². The Hall–Kier alpha value is -4.11. The number of carbonyl (C=O) groups is 3. The Bertz CT molecular complexity index is 1340. The van der Waals surface area contributed by atoms with E-state index >= 15 is 0 Å². The molecule has 4 aromatic rings. The van der Waals surface area contributed by atoms with Crippen molar-refractivity contribution in [3.8, 4) is 0 Å². The minimum Gasteiger partial charge on any atom is -0.480 e. The quantitative estimate of drug-likeness (QED) is 0.225. The summed E-state index contributed by atoms with van der Waals surface area (Å²) in [5, 5.41) is 16.9. The van der Waals surface area contributed by atoms with Gasteiger partial charge in [0, 0.05) is 47.0 Å². The first kappa shape index (κ1) is 23.1. The smallest absolute Gasteiger partial charge is 0.326 e. The maximum Gasteiger partial charge on any atom is 0.326 e. The van der Waals surface area contributed by atoms with Gasteiger partial charge in [0.1, 0.15) is 12.1 Å². The highest BCUT2D eigenvalue weighted by Crippen LogP contribution is 2.21. The number of amides is 2. The van der Waals surface area contributed by atoms with E-state index in [1.807, 2.05) is 48.5 Å². The summed E-state index contributed by atoms with van der Waals surface area (Å²) in [4.78, 5) is 43.8. The number of hydrogen-bond acceptors (Lipinski definition) is 4. The largest absolute Gasteiger partial charge is 0.480 e. The summed E-state index contributed by atoms with van der Waals surface area (Å²) >= 11 is 0. The zero-order chi connectivity index (χ0) is 24.2. The number of carboxylic acid groups (broad SMARTS) is 1. The van der Waals surface area contributed by atoms with E-state index in [-0.39, 0.29) is 12.8 Å². The minimum atomic E-state index is -1.18. The van der Waals surface area contributed by atoms with E-state index in [1.165, 1.54) is 6.92 Å². The number of H-pyrrole nitrogens is 2. The minimum absolute atomic E-state index is 0.0894. The van der Waals surface area contributed by atoms with Crippen LogP contribution in [0, 0.1) is 0 Å². The number of aromatic nitrogens is 2. The van der Waals surface area contributed by atoms with Crippen molar-refractivity contribution in [1.82, 2.24) is 20.6 Å². The molecular formula is C25H27N5O4. The topological polar surface area (TPSA) is 153 Å². The van der Waals surface area contributed by atoms with Gasteiger partial charge >= 0.3 is 5.97 Å². The molecule has 2 aromatic heterocycles. The molecule has 0 spiro atoms. The third-order valence-electron chi connectivity index (χ3n) is 5.86. The molecule has 9 nitrogen and oxygen atoms in total. The molecule has 3 atom stereocenters. The molecule has 0 aliphatic rings. The summed E-state index contributed by atoms with van der Waals surface area (Å²) < 4.78 is 0. The van der Waals surface area contributed by atoms with Crippen LogP contribution >= 0.6 is 0 Å². The third kappa shape index (κ3) is 4.94. The van der Waals surface area contributed by atoms with Gasteiger partial charge in [-0.1, -0.05) is 36.4 Å². The molecule has 2 heterocycles. The number of aliphatic carboxylic acids is 1. The Kier molecular flexibility index (Phi) is 6.65. The van der Waals surface area contributed by atoms with Crippen LogP contribution in [0.15, 0.2) is 60.9 Å². The number of nitrogens with two attached hydrogens (primary N) is 1. The lowest BCUT2D eigenvalue weighted by atomic mass is 10.0. The fourth-order valence-electron chi connectivity index (χ4n) is 4.03. The van der Waals surface area contributed by atoms with Crippen LogP contribution in [0.3, 0.4) is 0 Å². The number of nitrogens with one attached hydrogen (secondary N) is 4. The molecule has 4 rings (SSSR count). The molecule has 0 radical (unpaired) electrons. The summed E-state index contributed by atoms with van der Waals surface area (Å²) in [7, 11) is 0. The molecule has 0 aliphatic carbocycles. The molecule has 176 valence electrons. The Morgan fingerprint density at radius 3 is 1.79 bits per heavy atom. The number of aromatic amines is 2. The Morgan fingerprint density at radius 2 is 1.29 bits per heavy atom. The van der Waals surface area contributed by atoms with Gasteiger partial charge in [-0.2, -0.15) is 0 Å². The van der Waals surface area contributed by atoms with E-state index in [9.17, 15) is 19.5 Å². The molecule has 34 heavy (non-hydrogen) atoms. The number of carboxylic acids is 1. The van der Waals surface area contributed by atoms with Crippen molar-refractivity contribution in [2.24, 2.45) is 5.73 Å². The van der Waals surface area contributed by atoms with E-state index in [1.54, 1.807) is 12.4 Å². The zero-order valence-corrected chi connectivity index (χ0v) is 18.7. The monoisotopic (exact) mass is 461 g/mol. The molecule has 9 heteroatoms. The van der Waals surface area contributed by atoms with Gasteiger partial charge in [0.2, 0.25) is 11.8 Å². The molecule has 0 bridgehead atoms. The maximum atomic E-state index is 13.2. The standard InChI is InChI=1S/C25H27N5O4/c1-14(26)23(31)29-21(10-15-12-27-19-8-4-2-6-17(15)19)24(32)30-22(25(33)34)11-16-13-28-20-9-5-3-7-18(16)20/h2-9,12-14,21-22,27-28H,10-11,26H2,1H3,(H,29,31)(H,30,32)(H,33,34). The van der Waals surface area contributed by atoms with E-state index < -0.39 is 35.9 Å². The predicted octanol–water partition coefficient (Wildman–Crippen LogP) is 1.84. The van der Waals surface area contributed by atoms with Gasteiger partial charge in [-0.25, -0.2) is 4.79 Å². The number of rotatable bonds is 9. The fourth-order valence-corrected chi connectivity index (χ4v) is 4.03. The van der Waals surface area contributed by atoms with Crippen molar-refractivity contribution in [3.05, 3.63) is 72.1 Å². The molecular weight excluding hydrogens is 434 g/mol. The van der Waals surface area contributed by atoms with Gasteiger partial charge in [-0.15, -0.1) is 0 Å². The predicted molar refractivity (Wildman–Crippen MR) is 129 cm³/mol. The highest BCUT2D eigenvalue weighted by atomic mass is 16.4. The number of benzene rings is 2. The number of hydrogen-bond donors (Lipinski definition) is 6. The van der Waals surface area contributed by atoms with Crippen molar-refractivity contribution in [2.75, 3.05) is 0 Å². The van der Waals surface area contributed by atoms with Gasteiger partial charge in [0.25, 0.3) is 0 Å². The summed E-state index contributed by atoms with van der Waals surface area (Å²) in [6, 6.07) is 12.2. The first-order valence-corrected chi connectivity index (χ1v) is 11.0. The molecule has 0 aliphatic heterocycles. The lowest BCUT2D eigenvalue weighted by Gasteiger charge is -2.22. The fraction of sp³-hybridized carbons (Fsp3) is 0.240. The summed E-state index contributed by atoms with van der Waals surface area (Å²) in [6.07, 6.45) is 3.79. The summed E-state index contributed by atoms with van der Waals surface area (Å²) in [5.74, 6) is -2.25. The van der Waals surface area contributed by atoms with E-state index in [0.717, 1.165) is 32.9 Å². The highest BCUT2D eigenvalue weighted by molar-refractivity contribution is 5.93. The average Bonchev–Trinajstić information content (AvgIpc) is 3.42. The van der Waals surface area contributed by atoms with Crippen LogP contribution in [0.25, 0.3) is 21.8 Å². The van der Waals surface area contributed by atoms with Crippen LogP contribution in [0.2, 0.25) is 0 Å². The van der Waals surface area contributed by atoms with Crippen LogP contribution < -0.4 is 16.4 Å². The lowest BCUT2D eigenvalue weighted by molar-refractivity contribution is -0.142. The molecule has 2 amide bonds. The maximum absolute atomic E-state index is 13.2.